The summed E-state index contributed by atoms with van der Waals surface area (Å²) in [4.78, 5) is 22.3. The normalized spacial score (nSPS) is 14.3. The number of hydrogen-bond acceptors (Lipinski definition) is 6. The summed E-state index contributed by atoms with van der Waals surface area (Å²) < 4.78 is 28.2. The first-order valence-electron chi connectivity index (χ1n) is 10.4. The molecule has 1 aliphatic heterocycles. The van der Waals surface area contributed by atoms with E-state index in [0.29, 0.717) is 35.1 Å². The maximum atomic E-state index is 12.9. The van der Waals surface area contributed by atoms with Crippen molar-refractivity contribution >= 4 is 38.8 Å². The van der Waals surface area contributed by atoms with Crippen molar-refractivity contribution in [3.8, 4) is 10.6 Å². The number of aryl methyl sites for hydroxylation is 1. The smallest absolute Gasteiger partial charge is 0.267 e. The quantitative estimate of drug-likeness (QED) is 0.570. The molecule has 166 valence electrons. The molecule has 2 aromatic carbocycles. The Kier molecular flexibility index (Phi) is 6.66. The van der Waals surface area contributed by atoms with Crippen molar-refractivity contribution in [2.24, 2.45) is 4.99 Å². The van der Waals surface area contributed by atoms with Crippen LogP contribution in [0.15, 0.2) is 64.5 Å². The number of rotatable bonds is 5. The van der Waals surface area contributed by atoms with E-state index in [1.165, 1.54) is 23.5 Å². The number of nitrogens with zero attached hydrogens (tertiary/aromatic N) is 2. The number of aliphatic imine (C=N–C) groups is 1. The van der Waals surface area contributed by atoms with Crippen molar-refractivity contribution in [1.29, 1.82) is 0 Å². The zero-order chi connectivity index (χ0) is 22.6. The van der Waals surface area contributed by atoms with E-state index in [9.17, 15) is 13.2 Å². The number of sulfonamides is 1. The van der Waals surface area contributed by atoms with Gasteiger partial charge in [0.25, 0.3) is 15.9 Å². The SMILES string of the molecule is Cc1nc(-c2ccccc2)sc1C(=O)Nc1cccc(S(=O)(=O)NC2=NCCCCC2)c1. The zero-order valence-electron chi connectivity index (χ0n) is 17.7. The highest BCUT2D eigenvalue weighted by Gasteiger charge is 2.20. The van der Waals surface area contributed by atoms with Crippen LogP contribution in [0, 0.1) is 6.92 Å². The largest absolute Gasteiger partial charge is 0.321 e. The minimum atomic E-state index is -3.78. The van der Waals surface area contributed by atoms with Crippen LogP contribution in [0.1, 0.15) is 41.0 Å². The molecule has 0 saturated carbocycles. The number of anilines is 1. The highest BCUT2D eigenvalue weighted by Crippen LogP contribution is 2.28. The molecule has 2 heterocycles. The minimum Gasteiger partial charge on any atom is -0.321 e. The highest BCUT2D eigenvalue weighted by molar-refractivity contribution is 7.90. The second-order valence-corrected chi connectivity index (χ2v) is 10.2. The molecule has 0 unspecified atom stereocenters. The molecule has 1 amide bonds. The molecule has 1 aromatic heterocycles. The molecule has 1 aliphatic rings. The standard InChI is InChI=1S/C23H24N4O3S2/c1-16-21(31-23(25-16)17-9-4-2-5-10-17)22(28)26-18-11-8-12-19(15-18)32(29,30)27-20-13-6-3-7-14-24-20/h2,4-5,8-12,15H,3,6-7,13-14H2,1H3,(H,24,27)(H,26,28). The van der Waals surface area contributed by atoms with E-state index < -0.39 is 10.0 Å². The topological polar surface area (TPSA) is 101 Å². The minimum absolute atomic E-state index is 0.0771. The van der Waals surface area contributed by atoms with Gasteiger partial charge in [-0.3, -0.25) is 14.5 Å². The number of amidine groups is 1. The lowest BCUT2D eigenvalue weighted by Gasteiger charge is -2.11. The van der Waals surface area contributed by atoms with Crippen LogP contribution in [-0.2, 0) is 10.0 Å². The van der Waals surface area contributed by atoms with Crippen LogP contribution in [-0.4, -0.2) is 31.7 Å². The van der Waals surface area contributed by atoms with Crippen molar-refractivity contribution in [2.45, 2.75) is 37.5 Å². The Morgan fingerprint density at radius 3 is 2.66 bits per heavy atom. The second kappa shape index (κ2) is 9.62. The molecule has 7 nitrogen and oxygen atoms in total. The Hall–Kier alpha value is -3.04. The molecule has 0 radical (unpaired) electrons. The molecule has 2 N–H and O–H groups in total. The summed E-state index contributed by atoms with van der Waals surface area (Å²) in [5.74, 6) is 0.170. The third-order valence-electron chi connectivity index (χ3n) is 5.05. The van der Waals surface area contributed by atoms with Gasteiger partial charge >= 0.3 is 0 Å². The number of amides is 1. The van der Waals surface area contributed by atoms with Crippen LogP contribution < -0.4 is 10.0 Å². The highest BCUT2D eigenvalue weighted by atomic mass is 32.2. The zero-order valence-corrected chi connectivity index (χ0v) is 19.3. The fraction of sp³-hybridized carbons (Fsp3) is 0.261. The van der Waals surface area contributed by atoms with Gasteiger partial charge in [0.2, 0.25) is 0 Å². The van der Waals surface area contributed by atoms with Gasteiger partial charge in [-0.2, -0.15) is 0 Å². The Labute approximate surface area is 191 Å². The van der Waals surface area contributed by atoms with Gasteiger partial charge in [-0.1, -0.05) is 42.8 Å². The maximum Gasteiger partial charge on any atom is 0.267 e. The van der Waals surface area contributed by atoms with Crippen molar-refractivity contribution in [3.05, 3.63) is 65.2 Å². The molecule has 0 spiro atoms. The molecule has 3 aromatic rings. The van der Waals surface area contributed by atoms with Gasteiger partial charge in [-0.05, 0) is 38.0 Å². The molecule has 32 heavy (non-hydrogen) atoms. The average Bonchev–Trinajstić information content (AvgIpc) is 3.00. The summed E-state index contributed by atoms with van der Waals surface area (Å²) in [5, 5.41) is 3.56. The van der Waals surface area contributed by atoms with Crippen molar-refractivity contribution in [1.82, 2.24) is 9.71 Å². The number of nitrogens with one attached hydrogen (secondary N) is 2. The van der Waals surface area contributed by atoms with E-state index in [2.05, 4.69) is 20.0 Å². The summed E-state index contributed by atoms with van der Waals surface area (Å²) in [7, 11) is -3.78. The van der Waals surface area contributed by atoms with Crippen molar-refractivity contribution in [2.75, 3.05) is 11.9 Å². The lowest BCUT2D eigenvalue weighted by atomic mass is 10.2. The summed E-state index contributed by atoms with van der Waals surface area (Å²) in [6.07, 6.45) is 3.54. The first-order valence-corrected chi connectivity index (χ1v) is 12.7. The van der Waals surface area contributed by atoms with Gasteiger partial charge in [-0.15, -0.1) is 11.3 Å². The lowest BCUT2D eigenvalue weighted by Crippen LogP contribution is -2.30. The maximum absolute atomic E-state index is 12.9. The number of carbonyl (C=O) groups is 1. The summed E-state index contributed by atoms with van der Waals surface area (Å²) >= 11 is 1.31. The predicted molar refractivity (Wildman–Crippen MR) is 128 cm³/mol. The Morgan fingerprint density at radius 2 is 1.84 bits per heavy atom. The first-order chi connectivity index (χ1) is 15.4. The molecule has 0 atom stereocenters. The number of carbonyl (C=O) groups excluding carboxylic acids is 1. The average molecular weight is 469 g/mol. The molecular formula is C23H24N4O3S2. The Morgan fingerprint density at radius 1 is 1.03 bits per heavy atom. The first kappa shape index (κ1) is 22.2. The fourth-order valence-corrected chi connectivity index (χ4v) is 5.51. The van der Waals surface area contributed by atoms with Gasteiger partial charge in [0.05, 0.1) is 10.6 Å². The molecule has 9 heteroatoms. The fourth-order valence-electron chi connectivity index (χ4n) is 3.41. The monoisotopic (exact) mass is 468 g/mol. The van der Waals surface area contributed by atoms with Crippen molar-refractivity contribution in [3.63, 3.8) is 0 Å². The van der Waals surface area contributed by atoms with Gasteiger partial charge in [0.15, 0.2) is 0 Å². The third kappa shape index (κ3) is 5.23. The molecule has 0 saturated heterocycles. The van der Waals surface area contributed by atoms with Crippen LogP contribution >= 0.6 is 11.3 Å². The number of benzene rings is 2. The summed E-state index contributed by atoms with van der Waals surface area (Å²) in [5.41, 5.74) is 1.97. The third-order valence-corrected chi connectivity index (χ3v) is 7.64. The van der Waals surface area contributed by atoms with E-state index in [-0.39, 0.29) is 10.8 Å². The van der Waals surface area contributed by atoms with Gasteiger partial charge < -0.3 is 5.32 Å². The van der Waals surface area contributed by atoms with Crippen LogP contribution in [0.2, 0.25) is 0 Å². The molecule has 0 bridgehead atoms. The van der Waals surface area contributed by atoms with Crippen LogP contribution in [0.4, 0.5) is 5.69 Å². The number of hydrogen-bond donors (Lipinski definition) is 2. The van der Waals surface area contributed by atoms with E-state index in [4.69, 9.17) is 0 Å². The molecule has 0 aliphatic carbocycles. The van der Waals surface area contributed by atoms with Gasteiger partial charge in [0.1, 0.15) is 15.7 Å². The van der Waals surface area contributed by atoms with E-state index >= 15 is 0 Å². The Bertz CT molecular complexity index is 1250. The Balaban J connectivity index is 1.51. The molecular weight excluding hydrogens is 444 g/mol. The van der Waals surface area contributed by atoms with E-state index in [1.54, 1.807) is 19.1 Å². The molecule has 4 rings (SSSR count). The summed E-state index contributed by atoms with van der Waals surface area (Å²) in [6.45, 7) is 2.42. The van der Waals surface area contributed by atoms with Gasteiger partial charge in [0, 0.05) is 24.2 Å². The van der Waals surface area contributed by atoms with E-state index in [1.807, 2.05) is 30.3 Å². The number of thiazole rings is 1. The second-order valence-electron chi connectivity index (χ2n) is 7.53. The van der Waals surface area contributed by atoms with Crippen molar-refractivity contribution < 1.29 is 13.2 Å². The van der Waals surface area contributed by atoms with Gasteiger partial charge in [-0.25, -0.2) is 13.4 Å². The molecule has 0 fully saturated rings. The van der Waals surface area contributed by atoms with Crippen LogP contribution in [0.25, 0.3) is 10.6 Å². The number of aromatic nitrogens is 1. The summed E-state index contributed by atoms with van der Waals surface area (Å²) in [6, 6.07) is 15.9. The predicted octanol–water partition coefficient (Wildman–Crippen LogP) is 4.62. The lowest BCUT2D eigenvalue weighted by molar-refractivity contribution is 0.102. The van der Waals surface area contributed by atoms with E-state index in [0.717, 1.165) is 29.8 Å². The van der Waals surface area contributed by atoms with Crippen LogP contribution in [0.5, 0.6) is 0 Å². The van der Waals surface area contributed by atoms with Crippen LogP contribution in [0.3, 0.4) is 0 Å².